The Balaban J connectivity index is 2.18. The molecule has 1 aliphatic rings. The summed E-state index contributed by atoms with van der Waals surface area (Å²) in [5, 5.41) is 0. The molecule has 0 N–H and O–H groups in total. The third-order valence-electron chi connectivity index (χ3n) is 3.05. The number of aryl methyl sites for hydroxylation is 1. The number of hydrogen-bond donors (Lipinski definition) is 0. The van der Waals surface area contributed by atoms with Gasteiger partial charge in [0.2, 0.25) is 0 Å². The first-order valence-corrected chi connectivity index (χ1v) is 7.16. The lowest BCUT2D eigenvalue weighted by Crippen LogP contribution is -2.23. The molecule has 88 valence electrons. The zero-order valence-corrected chi connectivity index (χ0v) is 11.9. The largest absolute Gasteiger partial charge is 0.377 e. The van der Waals surface area contributed by atoms with Crippen molar-refractivity contribution in [3.05, 3.63) is 20.3 Å². The van der Waals surface area contributed by atoms with Gasteiger partial charge in [0.1, 0.15) is 0 Å². The topological polar surface area (TPSA) is 26.3 Å². The van der Waals surface area contributed by atoms with E-state index in [1.165, 1.54) is 11.3 Å². The molecule has 1 fully saturated rings. The van der Waals surface area contributed by atoms with Crippen molar-refractivity contribution in [2.75, 3.05) is 6.61 Å². The number of carbonyl (C=O) groups is 1. The van der Waals surface area contributed by atoms with Crippen LogP contribution in [-0.4, -0.2) is 18.5 Å². The summed E-state index contributed by atoms with van der Waals surface area (Å²) in [5.41, 5.74) is 1.14. The van der Waals surface area contributed by atoms with Crippen LogP contribution >= 0.6 is 27.3 Å². The SMILES string of the molecule is CCC1OCCC1C(=O)c1cc(C)c(Br)s1. The average molecular weight is 303 g/mol. The van der Waals surface area contributed by atoms with E-state index in [0.29, 0.717) is 0 Å². The maximum Gasteiger partial charge on any atom is 0.178 e. The van der Waals surface area contributed by atoms with Crippen molar-refractivity contribution in [3.8, 4) is 0 Å². The number of ether oxygens (including phenoxy) is 1. The van der Waals surface area contributed by atoms with E-state index < -0.39 is 0 Å². The molecule has 1 saturated heterocycles. The minimum atomic E-state index is 0.0648. The summed E-state index contributed by atoms with van der Waals surface area (Å²) in [5.74, 6) is 0.318. The summed E-state index contributed by atoms with van der Waals surface area (Å²) in [7, 11) is 0. The van der Waals surface area contributed by atoms with E-state index in [4.69, 9.17) is 4.74 Å². The molecule has 0 spiro atoms. The van der Waals surface area contributed by atoms with E-state index in [-0.39, 0.29) is 17.8 Å². The Bertz CT molecular complexity index is 380. The quantitative estimate of drug-likeness (QED) is 0.794. The van der Waals surface area contributed by atoms with E-state index in [1.54, 1.807) is 0 Å². The molecule has 0 aliphatic carbocycles. The van der Waals surface area contributed by atoms with Gasteiger partial charge in [-0.3, -0.25) is 4.79 Å². The van der Waals surface area contributed by atoms with Gasteiger partial charge in [0.25, 0.3) is 0 Å². The Morgan fingerprint density at radius 2 is 2.44 bits per heavy atom. The third kappa shape index (κ3) is 2.24. The van der Waals surface area contributed by atoms with E-state index in [2.05, 4.69) is 22.9 Å². The molecule has 2 rings (SSSR count). The van der Waals surface area contributed by atoms with Gasteiger partial charge in [0.05, 0.1) is 20.7 Å². The first kappa shape index (κ1) is 12.3. The maximum atomic E-state index is 12.3. The van der Waals surface area contributed by atoms with E-state index in [1.807, 2.05) is 13.0 Å². The number of Topliss-reactive ketones (excluding diaryl/α,β-unsaturated/α-hetero) is 1. The van der Waals surface area contributed by atoms with Crippen LogP contribution in [0.5, 0.6) is 0 Å². The van der Waals surface area contributed by atoms with Gasteiger partial charge in [-0.1, -0.05) is 6.92 Å². The number of hydrogen-bond acceptors (Lipinski definition) is 3. The predicted octanol–water partition coefficient (Wildman–Crippen LogP) is 3.82. The van der Waals surface area contributed by atoms with Gasteiger partial charge in [-0.25, -0.2) is 0 Å². The van der Waals surface area contributed by atoms with E-state index in [0.717, 1.165) is 33.7 Å². The standard InChI is InChI=1S/C12H15BrO2S/c1-3-9-8(4-5-15-9)11(14)10-6-7(2)12(13)16-10/h6,8-9H,3-5H2,1-2H3. The molecule has 2 nitrogen and oxygen atoms in total. The molecule has 0 bridgehead atoms. The zero-order valence-electron chi connectivity index (χ0n) is 9.46. The van der Waals surface area contributed by atoms with Crippen LogP contribution in [0.3, 0.4) is 0 Å². The fourth-order valence-electron chi connectivity index (χ4n) is 2.11. The van der Waals surface area contributed by atoms with E-state index >= 15 is 0 Å². The van der Waals surface area contributed by atoms with Gasteiger partial charge >= 0.3 is 0 Å². The number of ketones is 1. The van der Waals surface area contributed by atoms with Gasteiger partial charge in [0.15, 0.2) is 5.78 Å². The van der Waals surface area contributed by atoms with Crippen LogP contribution in [0.2, 0.25) is 0 Å². The molecule has 2 unspecified atom stereocenters. The van der Waals surface area contributed by atoms with Crippen LogP contribution in [0.1, 0.15) is 35.0 Å². The minimum Gasteiger partial charge on any atom is -0.377 e. The molecular weight excluding hydrogens is 288 g/mol. The highest BCUT2D eigenvalue weighted by molar-refractivity contribution is 9.11. The number of rotatable bonds is 3. The monoisotopic (exact) mass is 302 g/mol. The van der Waals surface area contributed by atoms with Crippen LogP contribution in [0.15, 0.2) is 9.85 Å². The molecule has 16 heavy (non-hydrogen) atoms. The highest BCUT2D eigenvalue weighted by Gasteiger charge is 2.34. The van der Waals surface area contributed by atoms with Crippen LogP contribution in [0.25, 0.3) is 0 Å². The molecule has 0 saturated carbocycles. The van der Waals surface area contributed by atoms with Crippen molar-refractivity contribution in [2.45, 2.75) is 32.8 Å². The number of halogens is 1. The Morgan fingerprint density at radius 1 is 1.69 bits per heavy atom. The second-order valence-electron chi connectivity index (χ2n) is 4.14. The number of carbonyl (C=O) groups excluding carboxylic acids is 1. The van der Waals surface area contributed by atoms with Crippen molar-refractivity contribution < 1.29 is 9.53 Å². The fourth-order valence-corrected chi connectivity index (χ4v) is 3.65. The normalized spacial score (nSPS) is 24.9. The second-order valence-corrected chi connectivity index (χ2v) is 6.51. The van der Waals surface area contributed by atoms with Gasteiger partial charge in [-0.15, -0.1) is 11.3 Å². The summed E-state index contributed by atoms with van der Waals surface area (Å²) in [6, 6.07) is 1.97. The smallest absolute Gasteiger partial charge is 0.178 e. The van der Waals surface area contributed by atoms with Gasteiger partial charge in [0, 0.05) is 6.61 Å². The predicted molar refractivity (Wildman–Crippen MR) is 69.2 cm³/mol. The molecule has 0 radical (unpaired) electrons. The van der Waals surface area contributed by atoms with Gasteiger partial charge in [-0.2, -0.15) is 0 Å². The van der Waals surface area contributed by atoms with Crippen molar-refractivity contribution >= 4 is 33.0 Å². The molecular formula is C12H15BrO2S. The summed E-state index contributed by atoms with van der Waals surface area (Å²) >= 11 is 4.99. The van der Waals surface area contributed by atoms with Crippen LogP contribution < -0.4 is 0 Å². The Morgan fingerprint density at radius 3 is 3.00 bits per heavy atom. The van der Waals surface area contributed by atoms with Crippen molar-refractivity contribution in [2.24, 2.45) is 5.92 Å². The summed E-state index contributed by atoms with van der Waals surface area (Å²) in [4.78, 5) is 13.2. The second kappa shape index (κ2) is 4.98. The zero-order chi connectivity index (χ0) is 11.7. The Labute approximate surface area is 108 Å². The lowest BCUT2D eigenvalue weighted by atomic mass is 9.94. The maximum absolute atomic E-state index is 12.3. The molecule has 0 amide bonds. The Kier molecular flexibility index (Phi) is 3.82. The van der Waals surface area contributed by atoms with Gasteiger partial charge in [-0.05, 0) is 47.3 Å². The fraction of sp³-hybridized carbons (Fsp3) is 0.583. The minimum absolute atomic E-state index is 0.0648. The first-order valence-electron chi connectivity index (χ1n) is 5.55. The summed E-state index contributed by atoms with van der Waals surface area (Å²) in [6.07, 6.45) is 1.90. The van der Waals surface area contributed by atoms with Crippen LogP contribution in [0.4, 0.5) is 0 Å². The first-order chi connectivity index (χ1) is 7.63. The van der Waals surface area contributed by atoms with Crippen LogP contribution in [-0.2, 0) is 4.74 Å². The Hall–Kier alpha value is -0.190. The highest BCUT2D eigenvalue weighted by atomic mass is 79.9. The molecule has 0 aromatic carbocycles. The van der Waals surface area contributed by atoms with Gasteiger partial charge < -0.3 is 4.74 Å². The highest BCUT2D eigenvalue weighted by Crippen LogP contribution is 2.33. The molecule has 2 heterocycles. The lowest BCUT2D eigenvalue weighted by Gasteiger charge is -2.14. The molecule has 1 aromatic heterocycles. The molecule has 4 heteroatoms. The summed E-state index contributed by atoms with van der Waals surface area (Å²) < 4.78 is 6.62. The van der Waals surface area contributed by atoms with Crippen molar-refractivity contribution in [1.29, 1.82) is 0 Å². The van der Waals surface area contributed by atoms with Crippen molar-refractivity contribution in [1.82, 2.24) is 0 Å². The molecule has 1 aliphatic heterocycles. The van der Waals surface area contributed by atoms with E-state index in [9.17, 15) is 4.79 Å². The average Bonchev–Trinajstić information content (AvgIpc) is 2.85. The molecule has 2 atom stereocenters. The lowest BCUT2D eigenvalue weighted by molar-refractivity contribution is 0.0692. The van der Waals surface area contributed by atoms with Crippen molar-refractivity contribution in [3.63, 3.8) is 0 Å². The molecule has 1 aromatic rings. The third-order valence-corrected chi connectivity index (χ3v) is 5.20. The summed E-state index contributed by atoms with van der Waals surface area (Å²) in [6.45, 7) is 4.81. The number of thiophene rings is 1. The van der Waals surface area contributed by atoms with Crippen LogP contribution in [0, 0.1) is 12.8 Å².